The third-order valence-corrected chi connectivity index (χ3v) is 3.51. The Hall–Kier alpha value is -1.39. The first-order valence-electron chi connectivity index (χ1n) is 6.10. The van der Waals surface area contributed by atoms with Gasteiger partial charge in [0.15, 0.2) is 0 Å². The van der Waals surface area contributed by atoms with Crippen LogP contribution in [0.2, 0.25) is 0 Å². The van der Waals surface area contributed by atoms with E-state index in [4.69, 9.17) is 4.74 Å². The van der Waals surface area contributed by atoms with E-state index in [2.05, 4.69) is 21.2 Å². The predicted molar refractivity (Wildman–Crippen MR) is 80.5 cm³/mol. The van der Waals surface area contributed by atoms with Gasteiger partial charge < -0.3 is 10.1 Å². The molecule has 1 unspecified atom stereocenters. The second kappa shape index (κ2) is 6.17. The molecule has 1 N–H and O–H groups in total. The average Bonchev–Trinajstić information content (AvgIpc) is 2.43. The summed E-state index contributed by atoms with van der Waals surface area (Å²) in [4.78, 5) is 12.0. The highest BCUT2D eigenvalue weighted by Crippen LogP contribution is 2.20. The molecule has 0 bridgehead atoms. The van der Waals surface area contributed by atoms with Crippen molar-refractivity contribution in [2.24, 2.45) is 0 Å². The number of carbonyl (C=O) groups excluding carboxylic acids is 1. The Bertz CT molecular complexity index is 598. The summed E-state index contributed by atoms with van der Waals surface area (Å²) in [6.45, 7) is 2.42. The molecule has 0 aromatic heterocycles. The lowest BCUT2D eigenvalue weighted by Gasteiger charge is -2.11. The summed E-state index contributed by atoms with van der Waals surface area (Å²) in [6.07, 6.45) is 0.0142. The minimum atomic E-state index is -0.0753. The maximum atomic E-state index is 12.0. The lowest BCUT2D eigenvalue weighted by molar-refractivity contribution is 0.0870. The summed E-state index contributed by atoms with van der Waals surface area (Å²) in [7, 11) is 1.63. The number of nitrogens with one attached hydrogen (secondary N) is 1. The van der Waals surface area contributed by atoms with Crippen molar-refractivity contribution in [3.63, 3.8) is 0 Å². The van der Waals surface area contributed by atoms with Gasteiger partial charge in [-0.15, -0.1) is 0 Å². The van der Waals surface area contributed by atoms with E-state index in [9.17, 15) is 4.79 Å². The number of amides is 1. The van der Waals surface area contributed by atoms with Crippen LogP contribution in [-0.2, 0) is 4.74 Å². The first kappa shape index (κ1) is 14.0. The highest BCUT2D eigenvalue weighted by molar-refractivity contribution is 9.10. The molecule has 0 fully saturated rings. The van der Waals surface area contributed by atoms with Crippen molar-refractivity contribution < 1.29 is 9.53 Å². The van der Waals surface area contributed by atoms with Crippen LogP contribution < -0.4 is 5.32 Å². The van der Waals surface area contributed by atoms with Crippen molar-refractivity contribution in [2.75, 3.05) is 13.7 Å². The zero-order chi connectivity index (χ0) is 13.8. The van der Waals surface area contributed by atoms with Crippen LogP contribution in [0.15, 0.2) is 40.9 Å². The van der Waals surface area contributed by atoms with Crippen LogP contribution in [0, 0.1) is 0 Å². The summed E-state index contributed by atoms with van der Waals surface area (Å²) in [5.74, 6) is -0.0753. The quantitative estimate of drug-likeness (QED) is 0.937. The van der Waals surface area contributed by atoms with Gasteiger partial charge in [-0.1, -0.05) is 28.1 Å². The predicted octanol–water partition coefficient (Wildman–Crippen LogP) is 3.37. The van der Waals surface area contributed by atoms with Crippen LogP contribution in [0.1, 0.15) is 17.3 Å². The normalized spacial score (nSPS) is 12.4. The summed E-state index contributed by atoms with van der Waals surface area (Å²) >= 11 is 3.44. The number of hydrogen-bond acceptors (Lipinski definition) is 2. The number of ether oxygens (including phenoxy) is 1. The van der Waals surface area contributed by atoms with Gasteiger partial charge in [-0.3, -0.25) is 4.79 Å². The van der Waals surface area contributed by atoms with Crippen molar-refractivity contribution in [3.8, 4) is 0 Å². The lowest BCUT2D eigenvalue weighted by atomic mass is 10.1. The van der Waals surface area contributed by atoms with E-state index in [-0.39, 0.29) is 12.0 Å². The van der Waals surface area contributed by atoms with Gasteiger partial charge in [-0.25, -0.2) is 0 Å². The molecule has 0 aliphatic carbocycles. The summed E-state index contributed by atoms with van der Waals surface area (Å²) in [5.41, 5.74) is 0.665. The van der Waals surface area contributed by atoms with Crippen molar-refractivity contribution in [1.29, 1.82) is 0 Å². The topological polar surface area (TPSA) is 38.3 Å². The number of benzene rings is 2. The van der Waals surface area contributed by atoms with Gasteiger partial charge >= 0.3 is 0 Å². The largest absolute Gasteiger partial charge is 0.380 e. The molecule has 1 atom stereocenters. The molecule has 100 valence electrons. The van der Waals surface area contributed by atoms with Gasteiger partial charge in [0.2, 0.25) is 0 Å². The van der Waals surface area contributed by atoms with Gasteiger partial charge in [0, 0.05) is 23.7 Å². The summed E-state index contributed by atoms with van der Waals surface area (Å²) in [5, 5.41) is 5.01. The molecule has 0 spiro atoms. The number of carbonyl (C=O) groups is 1. The number of rotatable bonds is 4. The first-order chi connectivity index (χ1) is 9.10. The highest BCUT2D eigenvalue weighted by atomic mass is 79.9. The first-order valence-corrected chi connectivity index (χ1v) is 6.90. The number of halogens is 1. The Balaban J connectivity index is 2.16. The van der Waals surface area contributed by atoms with E-state index in [1.165, 1.54) is 0 Å². The summed E-state index contributed by atoms with van der Waals surface area (Å²) in [6, 6.07) is 11.7. The van der Waals surface area contributed by atoms with Crippen LogP contribution >= 0.6 is 15.9 Å². The Labute approximate surface area is 121 Å². The van der Waals surface area contributed by atoms with Gasteiger partial charge in [0.25, 0.3) is 5.91 Å². The van der Waals surface area contributed by atoms with Crippen LogP contribution in [0.3, 0.4) is 0 Å². The number of hydrogen-bond donors (Lipinski definition) is 1. The molecule has 1 amide bonds. The monoisotopic (exact) mass is 321 g/mol. The molecule has 0 aliphatic heterocycles. The Kier molecular flexibility index (Phi) is 4.56. The van der Waals surface area contributed by atoms with Crippen molar-refractivity contribution >= 4 is 32.6 Å². The molecule has 2 aromatic rings. The smallest absolute Gasteiger partial charge is 0.251 e. The fourth-order valence-electron chi connectivity index (χ4n) is 1.78. The van der Waals surface area contributed by atoms with Gasteiger partial charge in [-0.2, -0.15) is 0 Å². The molecule has 2 aromatic carbocycles. The van der Waals surface area contributed by atoms with Crippen molar-refractivity contribution in [2.45, 2.75) is 13.0 Å². The van der Waals surface area contributed by atoms with Gasteiger partial charge in [-0.05, 0) is 42.0 Å². The second-order valence-electron chi connectivity index (χ2n) is 4.46. The minimum Gasteiger partial charge on any atom is -0.380 e. The van der Waals surface area contributed by atoms with E-state index < -0.39 is 0 Å². The maximum absolute atomic E-state index is 12.0. The second-order valence-corrected chi connectivity index (χ2v) is 5.38. The maximum Gasteiger partial charge on any atom is 0.251 e. The fourth-order valence-corrected chi connectivity index (χ4v) is 2.16. The number of methoxy groups -OCH3 is 1. The van der Waals surface area contributed by atoms with E-state index in [1.54, 1.807) is 7.11 Å². The Morgan fingerprint density at radius 1 is 1.26 bits per heavy atom. The van der Waals surface area contributed by atoms with E-state index in [1.807, 2.05) is 43.3 Å². The lowest BCUT2D eigenvalue weighted by Crippen LogP contribution is -2.31. The zero-order valence-electron chi connectivity index (χ0n) is 10.9. The molecule has 19 heavy (non-hydrogen) atoms. The molecule has 3 nitrogen and oxygen atoms in total. The van der Waals surface area contributed by atoms with Crippen LogP contribution in [0.5, 0.6) is 0 Å². The zero-order valence-corrected chi connectivity index (χ0v) is 12.5. The van der Waals surface area contributed by atoms with E-state index >= 15 is 0 Å². The van der Waals surface area contributed by atoms with Gasteiger partial charge in [0.05, 0.1) is 6.10 Å². The molecule has 0 saturated heterocycles. The third-order valence-electron chi connectivity index (χ3n) is 3.02. The molecule has 0 saturated carbocycles. The molecule has 0 aliphatic rings. The standard InChI is InChI=1S/C15H16BrNO2/c1-10(19-2)9-17-15(18)13-4-3-12-8-14(16)6-5-11(12)7-13/h3-8,10H,9H2,1-2H3,(H,17,18). The van der Waals surface area contributed by atoms with E-state index in [0.29, 0.717) is 12.1 Å². The minimum absolute atomic E-state index is 0.0142. The molecule has 0 radical (unpaired) electrons. The van der Waals surface area contributed by atoms with Crippen LogP contribution in [0.4, 0.5) is 0 Å². The molecule has 0 heterocycles. The molecule has 2 rings (SSSR count). The highest BCUT2D eigenvalue weighted by Gasteiger charge is 2.08. The van der Waals surface area contributed by atoms with Crippen LogP contribution in [-0.4, -0.2) is 25.7 Å². The number of fused-ring (bicyclic) bond motifs is 1. The average molecular weight is 322 g/mol. The third kappa shape index (κ3) is 3.55. The van der Waals surface area contributed by atoms with Crippen molar-refractivity contribution in [1.82, 2.24) is 5.32 Å². The van der Waals surface area contributed by atoms with Crippen molar-refractivity contribution in [3.05, 3.63) is 46.4 Å². The van der Waals surface area contributed by atoms with Crippen LogP contribution in [0.25, 0.3) is 10.8 Å². The molecule has 4 heteroatoms. The Morgan fingerprint density at radius 3 is 2.68 bits per heavy atom. The molecular weight excluding hydrogens is 306 g/mol. The SMILES string of the molecule is COC(C)CNC(=O)c1ccc2cc(Br)ccc2c1. The van der Waals surface area contributed by atoms with Gasteiger partial charge in [0.1, 0.15) is 0 Å². The Morgan fingerprint density at radius 2 is 1.95 bits per heavy atom. The summed E-state index contributed by atoms with van der Waals surface area (Å²) < 4.78 is 6.13. The fraction of sp³-hybridized carbons (Fsp3) is 0.267. The molecular formula is C15H16BrNO2. The van der Waals surface area contributed by atoms with E-state index in [0.717, 1.165) is 15.2 Å².